The monoisotopic (exact) mass is 451 g/mol. The number of thiophene rings is 1. The SMILES string of the molecule is CN=C(NCC1(CCOC)CC1)NC(C)Cc1ccc(C)s1.I. The Morgan fingerprint density at radius 3 is 2.70 bits per heavy atom. The van der Waals surface area contributed by atoms with Crippen molar-refractivity contribution in [2.75, 3.05) is 27.3 Å². The van der Waals surface area contributed by atoms with E-state index in [9.17, 15) is 0 Å². The van der Waals surface area contributed by atoms with Gasteiger partial charge in [0.25, 0.3) is 0 Å². The van der Waals surface area contributed by atoms with Gasteiger partial charge in [-0.3, -0.25) is 4.99 Å². The maximum absolute atomic E-state index is 5.21. The Morgan fingerprint density at radius 2 is 2.17 bits per heavy atom. The van der Waals surface area contributed by atoms with Gasteiger partial charge in [0, 0.05) is 49.5 Å². The van der Waals surface area contributed by atoms with Gasteiger partial charge < -0.3 is 15.4 Å². The number of halogens is 1. The molecule has 23 heavy (non-hydrogen) atoms. The molecule has 0 bridgehead atoms. The van der Waals surface area contributed by atoms with Gasteiger partial charge in [0.05, 0.1) is 0 Å². The van der Waals surface area contributed by atoms with Gasteiger partial charge in [0.15, 0.2) is 5.96 Å². The molecule has 0 aliphatic heterocycles. The first-order valence-electron chi connectivity index (χ1n) is 8.08. The van der Waals surface area contributed by atoms with E-state index in [1.165, 1.54) is 22.6 Å². The minimum Gasteiger partial charge on any atom is -0.385 e. The molecule has 2 N–H and O–H groups in total. The van der Waals surface area contributed by atoms with Crippen LogP contribution in [0, 0.1) is 12.3 Å². The van der Waals surface area contributed by atoms with Crippen molar-refractivity contribution < 1.29 is 4.74 Å². The average molecular weight is 451 g/mol. The Balaban J connectivity index is 0.00000264. The second kappa shape index (κ2) is 9.84. The zero-order valence-corrected chi connectivity index (χ0v) is 17.8. The summed E-state index contributed by atoms with van der Waals surface area (Å²) in [4.78, 5) is 7.15. The third kappa shape index (κ3) is 6.97. The summed E-state index contributed by atoms with van der Waals surface area (Å²) in [6.45, 7) is 6.20. The van der Waals surface area contributed by atoms with Crippen LogP contribution in [0.3, 0.4) is 0 Å². The molecular formula is C17H30IN3OS. The molecule has 132 valence electrons. The second-order valence-electron chi connectivity index (χ2n) is 6.43. The van der Waals surface area contributed by atoms with E-state index in [0.29, 0.717) is 11.5 Å². The highest BCUT2D eigenvalue weighted by Gasteiger charge is 2.41. The average Bonchev–Trinajstić information content (AvgIpc) is 3.16. The Bertz CT molecular complexity index is 500. The molecule has 0 spiro atoms. The molecule has 1 unspecified atom stereocenters. The molecule has 1 heterocycles. The van der Waals surface area contributed by atoms with Crippen molar-refractivity contribution >= 4 is 41.3 Å². The van der Waals surface area contributed by atoms with E-state index in [0.717, 1.165) is 32.0 Å². The van der Waals surface area contributed by atoms with Crippen LogP contribution in [0.4, 0.5) is 0 Å². The summed E-state index contributed by atoms with van der Waals surface area (Å²) in [6, 6.07) is 4.78. The molecule has 0 amide bonds. The van der Waals surface area contributed by atoms with Gasteiger partial charge in [0.2, 0.25) is 0 Å². The zero-order chi connectivity index (χ0) is 16.0. The van der Waals surface area contributed by atoms with Crippen LogP contribution in [0.5, 0.6) is 0 Å². The predicted molar refractivity (Wildman–Crippen MR) is 110 cm³/mol. The molecule has 0 saturated heterocycles. The summed E-state index contributed by atoms with van der Waals surface area (Å²) in [5.41, 5.74) is 0.432. The lowest BCUT2D eigenvalue weighted by Gasteiger charge is -2.21. The standard InChI is InChI=1S/C17H29N3OS.HI/c1-13(11-15-6-5-14(2)22-15)20-16(18-3)19-12-17(7-8-17)9-10-21-4;/h5-6,13H,7-12H2,1-4H3,(H2,18,19,20);1H. The number of hydrogen-bond donors (Lipinski definition) is 2. The number of methoxy groups -OCH3 is 1. The summed E-state index contributed by atoms with van der Waals surface area (Å²) in [5.74, 6) is 0.907. The first-order chi connectivity index (χ1) is 10.6. The van der Waals surface area contributed by atoms with Gasteiger partial charge in [-0.05, 0) is 50.7 Å². The van der Waals surface area contributed by atoms with E-state index in [4.69, 9.17) is 4.74 Å². The fourth-order valence-corrected chi connectivity index (χ4v) is 3.68. The van der Waals surface area contributed by atoms with Crippen molar-refractivity contribution in [1.29, 1.82) is 0 Å². The summed E-state index contributed by atoms with van der Waals surface area (Å²) in [6.07, 6.45) is 4.76. The lowest BCUT2D eigenvalue weighted by atomic mass is 10.0. The van der Waals surface area contributed by atoms with E-state index in [-0.39, 0.29) is 24.0 Å². The quantitative estimate of drug-likeness (QED) is 0.361. The molecule has 1 fully saturated rings. The lowest BCUT2D eigenvalue weighted by Crippen LogP contribution is -2.45. The van der Waals surface area contributed by atoms with Gasteiger partial charge in [0.1, 0.15) is 0 Å². The molecule has 1 saturated carbocycles. The van der Waals surface area contributed by atoms with Gasteiger partial charge in [-0.1, -0.05) is 0 Å². The first-order valence-corrected chi connectivity index (χ1v) is 8.90. The van der Waals surface area contributed by atoms with Crippen LogP contribution in [0.15, 0.2) is 17.1 Å². The maximum Gasteiger partial charge on any atom is 0.191 e. The molecule has 6 heteroatoms. The number of nitrogens with one attached hydrogen (secondary N) is 2. The van der Waals surface area contributed by atoms with Crippen LogP contribution in [-0.4, -0.2) is 39.3 Å². The van der Waals surface area contributed by atoms with E-state index in [1.54, 1.807) is 7.11 Å². The normalized spacial score (nSPS) is 17.3. The van der Waals surface area contributed by atoms with Crippen LogP contribution in [0.1, 0.15) is 35.9 Å². The highest BCUT2D eigenvalue weighted by molar-refractivity contribution is 14.0. The van der Waals surface area contributed by atoms with Crippen molar-refractivity contribution in [2.24, 2.45) is 10.4 Å². The minimum absolute atomic E-state index is 0. The summed E-state index contributed by atoms with van der Waals surface area (Å²) in [7, 11) is 3.62. The number of ether oxygens (including phenoxy) is 1. The Hall–Kier alpha value is -0.340. The van der Waals surface area contributed by atoms with Crippen molar-refractivity contribution in [1.82, 2.24) is 10.6 Å². The second-order valence-corrected chi connectivity index (χ2v) is 7.80. The van der Waals surface area contributed by atoms with Gasteiger partial charge in [-0.15, -0.1) is 35.3 Å². The largest absolute Gasteiger partial charge is 0.385 e. The van der Waals surface area contributed by atoms with Gasteiger partial charge in [-0.2, -0.15) is 0 Å². The molecule has 4 nitrogen and oxygen atoms in total. The van der Waals surface area contributed by atoms with E-state index < -0.39 is 0 Å². The molecule has 1 aromatic heterocycles. The molecule has 1 aromatic rings. The zero-order valence-electron chi connectivity index (χ0n) is 14.6. The molecule has 1 aliphatic rings. The van der Waals surface area contributed by atoms with Crippen LogP contribution in [0.25, 0.3) is 0 Å². The van der Waals surface area contributed by atoms with E-state index >= 15 is 0 Å². The van der Waals surface area contributed by atoms with E-state index in [1.807, 2.05) is 18.4 Å². The molecule has 0 radical (unpaired) electrons. The molecule has 0 aromatic carbocycles. The van der Waals surface area contributed by atoms with Crippen molar-refractivity contribution in [3.05, 3.63) is 21.9 Å². The van der Waals surface area contributed by atoms with Crippen LogP contribution >= 0.6 is 35.3 Å². The highest BCUT2D eigenvalue weighted by Crippen LogP contribution is 2.48. The number of guanidine groups is 1. The highest BCUT2D eigenvalue weighted by atomic mass is 127. The van der Waals surface area contributed by atoms with Crippen LogP contribution in [0.2, 0.25) is 0 Å². The fourth-order valence-electron chi connectivity index (χ4n) is 2.66. The molecular weight excluding hydrogens is 421 g/mol. The third-order valence-corrected chi connectivity index (χ3v) is 5.36. The summed E-state index contributed by atoms with van der Waals surface area (Å²) < 4.78 is 5.21. The number of hydrogen-bond acceptors (Lipinski definition) is 3. The van der Waals surface area contributed by atoms with Gasteiger partial charge >= 0.3 is 0 Å². The Kier molecular flexibility index (Phi) is 8.85. The van der Waals surface area contributed by atoms with Crippen molar-refractivity contribution in [3.8, 4) is 0 Å². The Labute approximate surface area is 161 Å². The number of rotatable bonds is 8. The number of aryl methyl sites for hydroxylation is 1. The number of aliphatic imine (C=N–C) groups is 1. The summed E-state index contributed by atoms with van der Waals surface area (Å²) in [5, 5.41) is 6.98. The topological polar surface area (TPSA) is 45.7 Å². The fraction of sp³-hybridized carbons (Fsp3) is 0.706. The van der Waals surface area contributed by atoms with Crippen molar-refractivity contribution in [3.63, 3.8) is 0 Å². The minimum atomic E-state index is 0. The predicted octanol–water partition coefficient (Wildman–Crippen LogP) is 3.59. The van der Waals surface area contributed by atoms with Gasteiger partial charge in [-0.25, -0.2) is 0 Å². The smallest absolute Gasteiger partial charge is 0.191 e. The van der Waals surface area contributed by atoms with E-state index in [2.05, 4.69) is 41.6 Å². The third-order valence-electron chi connectivity index (χ3n) is 4.33. The molecule has 1 atom stereocenters. The van der Waals surface area contributed by atoms with Crippen LogP contribution < -0.4 is 10.6 Å². The first kappa shape index (κ1) is 20.7. The van der Waals surface area contributed by atoms with Crippen molar-refractivity contribution in [2.45, 2.75) is 45.6 Å². The lowest BCUT2D eigenvalue weighted by molar-refractivity contribution is 0.172. The summed E-state index contributed by atoms with van der Waals surface area (Å²) >= 11 is 1.87. The molecule has 2 rings (SSSR count). The number of nitrogens with zero attached hydrogens (tertiary/aromatic N) is 1. The maximum atomic E-state index is 5.21. The molecule has 1 aliphatic carbocycles. The Morgan fingerprint density at radius 1 is 1.43 bits per heavy atom. The van der Waals surface area contributed by atoms with Crippen LogP contribution in [-0.2, 0) is 11.2 Å².